The van der Waals surface area contributed by atoms with Crippen LogP contribution in [0.15, 0.2) is 0 Å². The number of aliphatic carboxylic acids is 1. The Labute approximate surface area is 118 Å². The van der Waals surface area contributed by atoms with E-state index in [1.54, 1.807) is 11.8 Å². The molecule has 2 heterocycles. The van der Waals surface area contributed by atoms with Crippen LogP contribution in [0, 0.1) is 5.92 Å². The fraction of sp³-hybridized carbons (Fsp3) is 0.909. The number of thioether (sulfide) groups is 1. The van der Waals surface area contributed by atoms with E-state index in [0.717, 1.165) is 24.3 Å². The summed E-state index contributed by atoms with van der Waals surface area (Å²) in [5.41, 5.74) is 0. The van der Waals surface area contributed by atoms with Crippen molar-refractivity contribution in [1.82, 2.24) is 9.03 Å². The van der Waals surface area contributed by atoms with Crippen LogP contribution in [-0.2, 0) is 15.0 Å². The van der Waals surface area contributed by atoms with Crippen LogP contribution in [0.3, 0.4) is 0 Å². The number of nitrogens with one attached hydrogen (secondary N) is 1. The molecule has 0 saturated carbocycles. The second kappa shape index (κ2) is 6.43. The lowest BCUT2D eigenvalue weighted by molar-refractivity contribution is -0.142. The smallest absolute Gasteiger partial charge is 0.307 e. The third-order valence-electron chi connectivity index (χ3n) is 3.55. The second-order valence-corrected chi connectivity index (χ2v) is 7.92. The maximum Gasteiger partial charge on any atom is 0.307 e. The summed E-state index contributed by atoms with van der Waals surface area (Å²) in [6.07, 6.45) is 3.05. The molecule has 0 aromatic carbocycles. The molecule has 0 amide bonds. The first-order valence-electron chi connectivity index (χ1n) is 6.57. The van der Waals surface area contributed by atoms with E-state index in [1.165, 1.54) is 4.31 Å². The molecular formula is C11H20N2O4S2. The molecule has 2 fully saturated rings. The summed E-state index contributed by atoms with van der Waals surface area (Å²) in [6, 6.07) is -0.0195. The Bertz CT molecular complexity index is 420. The van der Waals surface area contributed by atoms with E-state index in [4.69, 9.17) is 5.11 Å². The third-order valence-corrected chi connectivity index (χ3v) is 6.41. The van der Waals surface area contributed by atoms with Crippen LogP contribution >= 0.6 is 11.8 Å². The molecule has 2 aliphatic heterocycles. The van der Waals surface area contributed by atoms with E-state index in [2.05, 4.69) is 4.72 Å². The molecule has 2 unspecified atom stereocenters. The Balaban J connectivity index is 1.96. The molecule has 0 spiro atoms. The van der Waals surface area contributed by atoms with Crippen LogP contribution in [-0.4, -0.2) is 54.4 Å². The van der Waals surface area contributed by atoms with Gasteiger partial charge in [0.25, 0.3) is 10.2 Å². The van der Waals surface area contributed by atoms with Crippen LogP contribution in [0.1, 0.15) is 25.7 Å². The number of hydrogen-bond acceptors (Lipinski definition) is 4. The van der Waals surface area contributed by atoms with Gasteiger partial charge in [-0.15, -0.1) is 0 Å². The van der Waals surface area contributed by atoms with Crippen molar-refractivity contribution in [1.29, 1.82) is 0 Å². The van der Waals surface area contributed by atoms with E-state index < -0.39 is 22.1 Å². The molecule has 2 aliphatic rings. The highest BCUT2D eigenvalue weighted by molar-refractivity contribution is 7.99. The van der Waals surface area contributed by atoms with Gasteiger partial charge in [0.05, 0.1) is 5.92 Å². The third kappa shape index (κ3) is 4.08. The number of carbonyl (C=O) groups is 1. The lowest BCUT2D eigenvalue weighted by Gasteiger charge is -2.32. The van der Waals surface area contributed by atoms with Crippen LogP contribution < -0.4 is 4.72 Å². The Morgan fingerprint density at radius 3 is 2.74 bits per heavy atom. The molecule has 8 heteroatoms. The first-order chi connectivity index (χ1) is 8.99. The largest absolute Gasteiger partial charge is 0.481 e. The summed E-state index contributed by atoms with van der Waals surface area (Å²) >= 11 is 1.76. The van der Waals surface area contributed by atoms with Gasteiger partial charge >= 0.3 is 5.97 Å². The van der Waals surface area contributed by atoms with Gasteiger partial charge < -0.3 is 5.11 Å². The number of carboxylic acid groups (broad SMARTS) is 1. The Morgan fingerprint density at radius 1 is 1.32 bits per heavy atom. The SMILES string of the molecule is O=C(O)C1CCCN(S(=O)(=O)NC2CCCSC2)C1. The Hall–Kier alpha value is -0.310. The molecule has 110 valence electrons. The summed E-state index contributed by atoms with van der Waals surface area (Å²) in [4.78, 5) is 11.0. The average Bonchev–Trinajstić information content (AvgIpc) is 2.39. The zero-order chi connectivity index (χ0) is 13.9. The highest BCUT2D eigenvalue weighted by atomic mass is 32.2. The molecule has 0 aromatic rings. The molecule has 2 rings (SSSR count). The standard InChI is InChI=1S/C11H20N2O4S2/c14-11(15)9-3-1-5-13(7-9)19(16,17)12-10-4-2-6-18-8-10/h9-10,12H,1-8H2,(H,14,15). The first kappa shape index (κ1) is 15.1. The summed E-state index contributed by atoms with van der Waals surface area (Å²) in [6.45, 7) is 0.503. The van der Waals surface area contributed by atoms with E-state index in [0.29, 0.717) is 19.4 Å². The molecule has 0 aromatic heterocycles. The van der Waals surface area contributed by atoms with Crippen LogP contribution in [0.2, 0.25) is 0 Å². The number of hydrogen-bond donors (Lipinski definition) is 2. The van der Waals surface area contributed by atoms with Crippen molar-refractivity contribution in [2.45, 2.75) is 31.7 Å². The number of rotatable bonds is 4. The maximum atomic E-state index is 12.2. The van der Waals surface area contributed by atoms with Crippen LogP contribution in [0.5, 0.6) is 0 Å². The minimum absolute atomic E-state index is 0.0195. The van der Waals surface area contributed by atoms with Crippen LogP contribution in [0.4, 0.5) is 0 Å². The molecule has 2 N–H and O–H groups in total. The average molecular weight is 308 g/mol. The van der Waals surface area contributed by atoms with Crippen molar-refractivity contribution >= 4 is 27.9 Å². The highest BCUT2D eigenvalue weighted by Gasteiger charge is 2.33. The minimum Gasteiger partial charge on any atom is -0.481 e. The summed E-state index contributed by atoms with van der Waals surface area (Å²) in [7, 11) is -3.54. The van der Waals surface area contributed by atoms with Crippen molar-refractivity contribution in [2.24, 2.45) is 5.92 Å². The van der Waals surface area contributed by atoms with Gasteiger partial charge in [-0.2, -0.15) is 29.2 Å². The molecule has 19 heavy (non-hydrogen) atoms. The summed E-state index contributed by atoms with van der Waals surface area (Å²) in [5, 5.41) is 9.00. The Morgan fingerprint density at radius 2 is 2.11 bits per heavy atom. The Kier molecular flexibility index (Phi) is 5.10. The molecular weight excluding hydrogens is 288 g/mol. The number of carboxylic acids is 1. The lowest BCUT2D eigenvalue weighted by atomic mass is 10.0. The quantitative estimate of drug-likeness (QED) is 0.790. The van der Waals surface area contributed by atoms with Crippen molar-refractivity contribution in [2.75, 3.05) is 24.6 Å². The normalized spacial score (nSPS) is 30.1. The first-order valence-corrected chi connectivity index (χ1v) is 9.16. The number of nitrogens with zero attached hydrogens (tertiary/aromatic N) is 1. The monoisotopic (exact) mass is 308 g/mol. The molecule has 6 nitrogen and oxygen atoms in total. The maximum absolute atomic E-state index is 12.2. The minimum atomic E-state index is -3.54. The van der Waals surface area contributed by atoms with Gasteiger partial charge in [0, 0.05) is 24.9 Å². The highest BCUT2D eigenvalue weighted by Crippen LogP contribution is 2.21. The van der Waals surface area contributed by atoms with Gasteiger partial charge in [-0.3, -0.25) is 4.79 Å². The molecule has 2 saturated heterocycles. The fourth-order valence-corrected chi connectivity index (χ4v) is 5.18. The summed E-state index contributed by atoms with van der Waals surface area (Å²) < 4.78 is 28.5. The lowest BCUT2D eigenvalue weighted by Crippen LogP contribution is -2.51. The van der Waals surface area contributed by atoms with Crippen molar-refractivity contribution < 1.29 is 18.3 Å². The van der Waals surface area contributed by atoms with E-state index in [1.807, 2.05) is 0 Å². The topological polar surface area (TPSA) is 86.7 Å². The van der Waals surface area contributed by atoms with E-state index in [-0.39, 0.29) is 12.6 Å². The zero-order valence-corrected chi connectivity index (χ0v) is 12.4. The molecule has 0 bridgehead atoms. The van der Waals surface area contributed by atoms with Gasteiger partial charge in [-0.1, -0.05) is 0 Å². The second-order valence-electron chi connectivity index (χ2n) is 5.07. The molecule has 0 aliphatic carbocycles. The van der Waals surface area contributed by atoms with Crippen molar-refractivity contribution in [3.05, 3.63) is 0 Å². The molecule has 2 atom stereocenters. The fourth-order valence-electron chi connectivity index (χ4n) is 2.48. The summed E-state index contributed by atoms with van der Waals surface area (Å²) in [5.74, 6) is 0.400. The van der Waals surface area contributed by atoms with E-state index in [9.17, 15) is 13.2 Å². The predicted molar refractivity (Wildman–Crippen MR) is 74.3 cm³/mol. The van der Waals surface area contributed by atoms with Gasteiger partial charge in [-0.05, 0) is 31.4 Å². The van der Waals surface area contributed by atoms with E-state index >= 15 is 0 Å². The number of piperidine rings is 1. The van der Waals surface area contributed by atoms with Crippen molar-refractivity contribution in [3.63, 3.8) is 0 Å². The predicted octanol–water partition coefficient (Wildman–Crippen LogP) is 0.513. The van der Waals surface area contributed by atoms with Gasteiger partial charge in [0.2, 0.25) is 0 Å². The van der Waals surface area contributed by atoms with Gasteiger partial charge in [-0.25, -0.2) is 0 Å². The molecule has 0 radical (unpaired) electrons. The van der Waals surface area contributed by atoms with Crippen LogP contribution in [0.25, 0.3) is 0 Å². The van der Waals surface area contributed by atoms with Gasteiger partial charge in [0.15, 0.2) is 0 Å². The van der Waals surface area contributed by atoms with Gasteiger partial charge in [0.1, 0.15) is 0 Å². The van der Waals surface area contributed by atoms with Crippen molar-refractivity contribution in [3.8, 4) is 0 Å². The zero-order valence-electron chi connectivity index (χ0n) is 10.7.